The van der Waals surface area contributed by atoms with E-state index in [2.05, 4.69) is 0 Å². The zero-order chi connectivity index (χ0) is 12.3. The average Bonchev–Trinajstić information content (AvgIpc) is 2.29. The largest absolute Gasteiger partial charge is 0.403 e. The van der Waals surface area contributed by atoms with Crippen molar-refractivity contribution in [3.05, 3.63) is 54.9 Å². The number of hydrogen-bond acceptors (Lipinski definition) is 2. The maximum absolute atomic E-state index is 10.6. The molecule has 0 radical (unpaired) electrons. The summed E-state index contributed by atoms with van der Waals surface area (Å²) in [6.45, 7) is 0. The van der Waals surface area contributed by atoms with E-state index in [1.54, 1.807) is 12.1 Å². The molecule has 0 amide bonds. The molecule has 0 fully saturated rings. The van der Waals surface area contributed by atoms with Crippen LogP contribution >= 0.6 is 0 Å². The van der Waals surface area contributed by atoms with Crippen LogP contribution in [0.15, 0.2) is 54.9 Å². The molecule has 17 heavy (non-hydrogen) atoms. The smallest absolute Gasteiger partial charge is 0.266 e. The van der Waals surface area contributed by atoms with Gasteiger partial charge in [0.15, 0.2) is 0 Å². The van der Waals surface area contributed by atoms with E-state index in [1.807, 2.05) is 35.2 Å². The molecule has 5 nitrogen and oxygen atoms in total. The zero-order valence-corrected chi connectivity index (χ0v) is 9.63. The number of hydrogen-bond donors (Lipinski definition) is 2. The fourth-order valence-corrected chi connectivity index (χ4v) is 1.83. The second kappa shape index (κ2) is 4.52. The van der Waals surface area contributed by atoms with Crippen LogP contribution < -0.4 is 9.51 Å². The summed E-state index contributed by atoms with van der Waals surface area (Å²) in [5.41, 5.74) is 1.99. The van der Waals surface area contributed by atoms with Crippen LogP contribution in [0, 0.1) is 0 Å². The van der Waals surface area contributed by atoms with Gasteiger partial charge in [0.25, 0.3) is 0 Å². The predicted octanol–water partition coefficient (Wildman–Crippen LogP) is 0.987. The molecule has 0 bridgehead atoms. The minimum atomic E-state index is -4.24. The first-order valence-electron chi connectivity index (χ1n) is 4.86. The molecule has 0 aliphatic rings. The first kappa shape index (κ1) is 11.6. The Morgan fingerprint density at radius 3 is 2.00 bits per heavy atom. The van der Waals surface area contributed by atoms with Gasteiger partial charge < -0.3 is 0 Å². The molecular formula is C11H11N2O3S+. The highest BCUT2D eigenvalue weighted by Gasteiger charge is 2.09. The van der Waals surface area contributed by atoms with Crippen molar-refractivity contribution in [2.75, 3.05) is 4.83 Å². The Balaban J connectivity index is 2.25. The van der Waals surface area contributed by atoms with Crippen molar-refractivity contribution < 1.29 is 17.6 Å². The van der Waals surface area contributed by atoms with Crippen LogP contribution in [0.5, 0.6) is 0 Å². The van der Waals surface area contributed by atoms with Gasteiger partial charge in [0.1, 0.15) is 0 Å². The molecule has 0 aliphatic heterocycles. The summed E-state index contributed by atoms with van der Waals surface area (Å²) in [5, 5.41) is 0. The Morgan fingerprint density at radius 1 is 0.941 bits per heavy atom. The monoisotopic (exact) mass is 251 g/mol. The number of rotatable bonds is 3. The van der Waals surface area contributed by atoms with Crippen molar-refractivity contribution in [2.45, 2.75) is 0 Å². The molecule has 2 aromatic rings. The lowest BCUT2D eigenvalue weighted by Crippen LogP contribution is -2.47. The van der Waals surface area contributed by atoms with Gasteiger partial charge in [-0.25, -0.2) is 0 Å². The van der Waals surface area contributed by atoms with Gasteiger partial charge in [-0.3, -0.25) is 4.55 Å². The van der Waals surface area contributed by atoms with E-state index in [9.17, 15) is 8.42 Å². The maximum Gasteiger partial charge on any atom is 0.403 e. The summed E-state index contributed by atoms with van der Waals surface area (Å²) < 4.78 is 30.9. The average molecular weight is 251 g/mol. The lowest BCUT2D eigenvalue weighted by Gasteiger charge is -2.00. The van der Waals surface area contributed by atoms with Gasteiger partial charge in [0.2, 0.25) is 12.4 Å². The lowest BCUT2D eigenvalue weighted by molar-refractivity contribution is -0.637. The van der Waals surface area contributed by atoms with Gasteiger partial charge in [-0.05, 0) is 11.1 Å². The first-order valence-corrected chi connectivity index (χ1v) is 6.30. The van der Waals surface area contributed by atoms with Crippen LogP contribution in [0.25, 0.3) is 11.1 Å². The maximum atomic E-state index is 10.6. The van der Waals surface area contributed by atoms with E-state index in [1.165, 1.54) is 12.4 Å². The summed E-state index contributed by atoms with van der Waals surface area (Å²) >= 11 is 0. The van der Waals surface area contributed by atoms with Gasteiger partial charge >= 0.3 is 10.3 Å². The minimum Gasteiger partial charge on any atom is -0.266 e. The molecule has 0 aliphatic carbocycles. The highest BCUT2D eigenvalue weighted by atomic mass is 32.2. The summed E-state index contributed by atoms with van der Waals surface area (Å²) in [6, 6.07) is 13.2. The second-order valence-corrected chi connectivity index (χ2v) is 4.56. The quantitative estimate of drug-likeness (QED) is 0.631. The number of nitrogens with zero attached hydrogens (tertiary/aromatic N) is 1. The van der Waals surface area contributed by atoms with Crippen molar-refractivity contribution >= 4 is 10.3 Å². The summed E-state index contributed by atoms with van der Waals surface area (Å²) in [4.78, 5) is 1.90. The Morgan fingerprint density at radius 2 is 1.47 bits per heavy atom. The fraction of sp³-hybridized carbons (Fsp3) is 0. The standard InChI is InChI=1S/C11H10N2O3S/c14-17(15,16)12-13-8-6-11(7-9-13)10-4-2-1-3-5-10/h1-9,12H/p+1. The third-order valence-electron chi connectivity index (χ3n) is 2.16. The molecule has 0 spiro atoms. The summed E-state index contributed by atoms with van der Waals surface area (Å²) in [6.07, 6.45) is 3.02. The molecular weight excluding hydrogens is 240 g/mol. The van der Waals surface area contributed by atoms with Gasteiger partial charge in [-0.2, -0.15) is 8.42 Å². The first-order chi connectivity index (χ1) is 8.04. The van der Waals surface area contributed by atoms with Crippen molar-refractivity contribution in [1.29, 1.82) is 0 Å². The summed E-state index contributed by atoms with van der Waals surface area (Å²) in [5.74, 6) is 0. The minimum absolute atomic E-state index is 0.957. The highest BCUT2D eigenvalue weighted by Crippen LogP contribution is 2.16. The molecule has 0 saturated carbocycles. The van der Waals surface area contributed by atoms with E-state index in [-0.39, 0.29) is 0 Å². The number of pyridine rings is 1. The highest BCUT2D eigenvalue weighted by molar-refractivity contribution is 7.86. The molecule has 2 rings (SSSR count). The SMILES string of the molecule is O=S(=O)(O)N[n+]1ccc(-c2ccccc2)cc1. The molecule has 0 atom stereocenters. The topological polar surface area (TPSA) is 70.3 Å². The van der Waals surface area contributed by atoms with Crippen LogP contribution in [-0.4, -0.2) is 13.0 Å². The van der Waals surface area contributed by atoms with Crippen molar-refractivity contribution in [1.82, 2.24) is 0 Å². The van der Waals surface area contributed by atoms with Crippen molar-refractivity contribution in [2.24, 2.45) is 0 Å². The van der Waals surface area contributed by atoms with Crippen LogP contribution in [0.4, 0.5) is 0 Å². The molecule has 2 N–H and O–H groups in total. The van der Waals surface area contributed by atoms with Crippen molar-refractivity contribution in [3.8, 4) is 11.1 Å². The van der Waals surface area contributed by atoms with Gasteiger partial charge in [0, 0.05) is 12.1 Å². The van der Waals surface area contributed by atoms with E-state index in [0.717, 1.165) is 15.8 Å². The number of nitrogens with one attached hydrogen (secondary N) is 1. The second-order valence-electron chi connectivity index (χ2n) is 3.43. The predicted molar refractivity (Wildman–Crippen MR) is 63.0 cm³/mol. The molecule has 0 saturated heterocycles. The van der Waals surface area contributed by atoms with E-state index in [0.29, 0.717) is 0 Å². The number of aromatic nitrogens is 1. The lowest BCUT2D eigenvalue weighted by atomic mass is 10.1. The molecule has 88 valence electrons. The molecule has 1 aromatic carbocycles. The Hall–Kier alpha value is -1.92. The van der Waals surface area contributed by atoms with Gasteiger partial charge in [-0.15, -0.1) is 0 Å². The molecule has 1 heterocycles. The Kier molecular flexibility index (Phi) is 3.08. The normalized spacial score (nSPS) is 11.1. The molecule has 6 heteroatoms. The third-order valence-corrected chi connectivity index (χ3v) is 2.60. The van der Waals surface area contributed by atoms with Crippen LogP contribution in [0.3, 0.4) is 0 Å². The van der Waals surface area contributed by atoms with Gasteiger partial charge in [-0.1, -0.05) is 39.8 Å². The van der Waals surface area contributed by atoms with Crippen LogP contribution in [0.1, 0.15) is 0 Å². The van der Waals surface area contributed by atoms with E-state index in [4.69, 9.17) is 4.55 Å². The van der Waals surface area contributed by atoms with Crippen LogP contribution in [0.2, 0.25) is 0 Å². The Labute approximate surface area is 99.2 Å². The van der Waals surface area contributed by atoms with E-state index >= 15 is 0 Å². The fourth-order valence-electron chi connectivity index (χ4n) is 1.44. The number of benzene rings is 1. The summed E-state index contributed by atoms with van der Waals surface area (Å²) in [7, 11) is -4.24. The van der Waals surface area contributed by atoms with Gasteiger partial charge in [0.05, 0.1) is 0 Å². The van der Waals surface area contributed by atoms with Crippen LogP contribution in [-0.2, 0) is 10.3 Å². The Bertz CT molecular complexity index is 594. The van der Waals surface area contributed by atoms with Crippen molar-refractivity contribution in [3.63, 3.8) is 0 Å². The molecule has 0 unspecified atom stereocenters. The molecule has 1 aromatic heterocycles. The third kappa shape index (κ3) is 3.27. The van der Waals surface area contributed by atoms with E-state index < -0.39 is 10.3 Å². The zero-order valence-electron chi connectivity index (χ0n) is 8.82.